The molecule has 0 radical (unpaired) electrons. The summed E-state index contributed by atoms with van der Waals surface area (Å²) in [5.74, 6) is 2.68. The average molecular weight is 509 g/mol. The maximum absolute atomic E-state index is 14.1. The van der Waals surface area contributed by atoms with Gasteiger partial charge in [-0.05, 0) is 93.2 Å². The normalized spacial score (nSPS) is 21.5. The monoisotopic (exact) mass is 508 g/mol. The Morgan fingerprint density at radius 3 is 2.64 bits per heavy atom. The summed E-state index contributed by atoms with van der Waals surface area (Å²) < 4.78 is 22.0. The van der Waals surface area contributed by atoms with Crippen LogP contribution in [0.3, 0.4) is 0 Å². The number of amides is 1. The van der Waals surface area contributed by atoms with Crippen LogP contribution in [0.15, 0.2) is 47.6 Å². The van der Waals surface area contributed by atoms with Crippen LogP contribution in [0.2, 0.25) is 0 Å². The number of benzene rings is 2. The first kappa shape index (κ1) is 24.8. The topological polar surface area (TPSA) is 69.0 Å². The third-order valence-electron chi connectivity index (χ3n) is 7.59. The second kappa shape index (κ2) is 10.6. The van der Waals surface area contributed by atoms with Gasteiger partial charge in [0.15, 0.2) is 22.5 Å². The van der Waals surface area contributed by atoms with Gasteiger partial charge >= 0.3 is 0 Å². The number of aromatic nitrogens is 3. The minimum atomic E-state index is -0.401. The molecule has 8 heteroatoms. The Morgan fingerprint density at radius 1 is 1.17 bits per heavy atom. The minimum Gasteiger partial charge on any atom is -0.483 e. The highest BCUT2D eigenvalue weighted by Crippen LogP contribution is 2.52. The van der Waals surface area contributed by atoms with E-state index in [4.69, 9.17) is 4.74 Å². The Hall–Kier alpha value is -2.87. The molecule has 5 rings (SSSR count). The molecule has 0 unspecified atom stereocenters. The fourth-order valence-electron chi connectivity index (χ4n) is 6.07. The second-order valence-corrected chi connectivity index (χ2v) is 11.2. The van der Waals surface area contributed by atoms with Crippen molar-refractivity contribution in [3.05, 3.63) is 65.2 Å². The number of rotatable bonds is 9. The van der Waals surface area contributed by atoms with Gasteiger partial charge in [-0.15, -0.1) is 10.2 Å². The van der Waals surface area contributed by atoms with E-state index in [0.717, 1.165) is 28.7 Å². The Bertz CT molecular complexity index is 1230. The fourth-order valence-corrected chi connectivity index (χ4v) is 6.91. The number of para-hydroxylation sites is 1. The summed E-state index contributed by atoms with van der Waals surface area (Å²) in [5, 5.41) is 12.5. The highest BCUT2D eigenvalue weighted by atomic mass is 32.2. The first-order valence-electron chi connectivity index (χ1n) is 12.7. The number of ether oxygens (including phenoxy) is 1. The van der Waals surface area contributed by atoms with Gasteiger partial charge in [0.25, 0.3) is 0 Å². The molecule has 1 amide bonds. The van der Waals surface area contributed by atoms with E-state index >= 15 is 0 Å². The van der Waals surface area contributed by atoms with Gasteiger partial charge in [0.05, 0.1) is 5.75 Å². The molecule has 2 bridgehead atoms. The first-order chi connectivity index (χ1) is 17.4. The molecule has 36 heavy (non-hydrogen) atoms. The number of hydrogen-bond acceptors (Lipinski definition) is 5. The zero-order valence-corrected chi connectivity index (χ0v) is 21.9. The first-order valence-corrected chi connectivity index (χ1v) is 13.7. The van der Waals surface area contributed by atoms with Crippen molar-refractivity contribution in [3.8, 4) is 5.75 Å². The van der Waals surface area contributed by atoms with Gasteiger partial charge in [0.2, 0.25) is 5.91 Å². The molecule has 0 spiro atoms. The molecule has 6 nitrogen and oxygen atoms in total. The number of anilines is 1. The van der Waals surface area contributed by atoms with Crippen LogP contribution in [-0.2, 0) is 11.4 Å². The van der Waals surface area contributed by atoms with Crippen molar-refractivity contribution in [1.82, 2.24) is 14.8 Å². The van der Waals surface area contributed by atoms with Crippen molar-refractivity contribution in [2.75, 3.05) is 11.1 Å². The van der Waals surface area contributed by atoms with E-state index in [0.29, 0.717) is 16.9 Å². The summed E-state index contributed by atoms with van der Waals surface area (Å²) in [6, 6.07) is 12.6. The van der Waals surface area contributed by atoms with E-state index in [1.165, 1.54) is 43.5 Å². The molecule has 1 N–H and O–H groups in total. The summed E-state index contributed by atoms with van der Waals surface area (Å²) in [5.41, 5.74) is 3.02. The lowest BCUT2D eigenvalue weighted by molar-refractivity contribution is -0.113. The van der Waals surface area contributed by atoms with Crippen LogP contribution in [-0.4, -0.2) is 26.4 Å². The molecule has 2 aromatic carbocycles. The van der Waals surface area contributed by atoms with Gasteiger partial charge in [-0.25, -0.2) is 4.39 Å². The molecule has 1 heterocycles. The summed E-state index contributed by atoms with van der Waals surface area (Å²) in [6.45, 7) is 6.37. The standard InChI is InChI=1S/C28H33FN4O2S/c1-17-10-18(2)12-22(11-17)30-27(34)16-36-28-32-31-26(15-35-25-7-5-4-6-24(25)29)33(28)19(3)23-14-20-8-9-21(23)13-20/h4-7,10-12,19-21,23H,8-9,13-16H2,1-3H3,(H,30,34)/t19-,20+,21+,23-/m0/s1. The summed E-state index contributed by atoms with van der Waals surface area (Å²) >= 11 is 1.38. The van der Waals surface area contributed by atoms with Crippen molar-refractivity contribution in [2.45, 2.75) is 64.3 Å². The molecule has 2 saturated carbocycles. The van der Waals surface area contributed by atoms with Crippen molar-refractivity contribution >= 4 is 23.4 Å². The van der Waals surface area contributed by atoms with E-state index in [-0.39, 0.29) is 30.1 Å². The van der Waals surface area contributed by atoms with E-state index in [2.05, 4.69) is 33.1 Å². The summed E-state index contributed by atoms with van der Waals surface area (Å²) in [7, 11) is 0. The lowest BCUT2D eigenvalue weighted by Gasteiger charge is -2.30. The number of fused-ring (bicyclic) bond motifs is 2. The van der Waals surface area contributed by atoms with Crippen molar-refractivity contribution in [2.24, 2.45) is 17.8 Å². The molecule has 4 atom stereocenters. The Kier molecular flexibility index (Phi) is 7.32. The average Bonchev–Trinajstić information content (AvgIpc) is 3.57. The van der Waals surface area contributed by atoms with Crippen LogP contribution in [0, 0.1) is 37.4 Å². The van der Waals surface area contributed by atoms with Gasteiger partial charge in [-0.2, -0.15) is 0 Å². The number of carbonyl (C=O) groups excluding carboxylic acids is 1. The Balaban J connectivity index is 1.32. The number of hydrogen-bond donors (Lipinski definition) is 1. The highest BCUT2D eigenvalue weighted by molar-refractivity contribution is 7.99. The zero-order chi connectivity index (χ0) is 25.2. The van der Waals surface area contributed by atoms with Crippen LogP contribution in [0.25, 0.3) is 0 Å². The zero-order valence-electron chi connectivity index (χ0n) is 21.0. The molecule has 2 aliphatic rings. The maximum Gasteiger partial charge on any atom is 0.234 e. The molecule has 2 fully saturated rings. The minimum absolute atomic E-state index is 0.0868. The SMILES string of the molecule is Cc1cc(C)cc(NC(=O)CSc2nnc(COc3ccccc3F)n2[C@@H](C)[C@@H]2C[C@@H]3CC[C@@H]2C3)c1. The second-order valence-electron chi connectivity index (χ2n) is 10.3. The Morgan fingerprint density at radius 2 is 1.94 bits per heavy atom. The maximum atomic E-state index is 14.1. The predicted octanol–water partition coefficient (Wildman–Crippen LogP) is 6.34. The number of carbonyl (C=O) groups is 1. The highest BCUT2D eigenvalue weighted by Gasteiger charge is 2.43. The molecule has 2 aliphatic carbocycles. The largest absolute Gasteiger partial charge is 0.483 e. The van der Waals surface area contributed by atoms with Crippen LogP contribution in [0.4, 0.5) is 10.1 Å². The summed E-state index contributed by atoms with van der Waals surface area (Å²) in [6.07, 6.45) is 5.14. The number of aryl methyl sites for hydroxylation is 2. The third kappa shape index (κ3) is 5.43. The van der Waals surface area contributed by atoms with Gasteiger partial charge in [-0.3, -0.25) is 9.36 Å². The molecule has 3 aromatic rings. The molecular weight excluding hydrogens is 475 g/mol. The predicted molar refractivity (Wildman–Crippen MR) is 140 cm³/mol. The molecule has 190 valence electrons. The lowest BCUT2D eigenvalue weighted by Crippen LogP contribution is -2.25. The Labute approximate surface area is 216 Å². The van der Waals surface area contributed by atoms with Crippen LogP contribution in [0.5, 0.6) is 5.75 Å². The molecule has 0 aliphatic heterocycles. The van der Waals surface area contributed by atoms with E-state index in [9.17, 15) is 9.18 Å². The number of nitrogens with one attached hydrogen (secondary N) is 1. The van der Waals surface area contributed by atoms with Gasteiger partial charge < -0.3 is 10.1 Å². The number of nitrogens with zero attached hydrogens (tertiary/aromatic N) is 3. The van der Waals surface area contributed by atoms with Crippen LogP contribution >= 0.6 is 11.8 Å². The van der Waals surface area contributed by atoms with Crippen molar-refractivity contribution in [1.29, 1.82) is 0 Å². The van der Waals surface area contributed by atoms with Gasteiger partial charge in [0, 0.05) is 11.7 Å². The fraction of sp³-hybridized carbons (Fsp3) is 0.464. The smallest absolute Gasteiger partial charge is 0.234 e. The quantitative estimate of drug-likeness (QED) is 0.342. The van der Waals surface area contributed by atoms with Crippen molar-refractivity contribution in [3.63, 3.8) is 0 Å². The van der Waals surface area contributed by atoms with Gasteiger partial charge in [-0.1, -0.05) is 36.4 Å². The van der Waals surface area contributed by atoms with Crippen LogP contribution < -0.4 is 10.1 Å². The van der Waals surface area contributed by atoms with E-state index < -0.39 is 5.82 Å². The summed E-state index contributed by atoms with van der Waals surface area (Å²) in [4.78, 5) is 12.7. The van der Waals surface area contributed by atoms with E-state index in [1.54, 1.807) is 18.2 Å². The van der Waals surface area contributed by atoms with Crippen LogP contribution in [0.1, 0.15) is 55.6 Å². The van der Waals surface area contributed by atoms with E-state index in [1.807, 2.05) is 26.0 Å². The number of thioether (sulfide) groups is 1. The molecule has 1 aromatic heterocycles. The van der Waals surface area contributed by atoms with Gasteiger partial charge in [0.1, 0.15) is 6.61 Å². The lowest BCUT2D eigenvalue weighted by atomic mass is 9.84. The third-order valence-corrected chi connectivity index (χ3v) is 8.53. The molecular formula is C28H33FN4O2S. The molecule has 0 saturated heterocycles. The number of halogens is 1. The van der Waals surface area contributed by atoms with Crippen molar-refractivity contribution < 1.29 is 13.9 Å².